The quantitative estimate of drug-likeness (QED) is 0.803. The van der Waals surface area contributed by atoms with Crippen LogP contribution in [0.4, 0.5) is 11.5 Å². The molecule has 17 heavy (non-hydrogen) atoms. The van der Waals surface area contributed by atoms with Gasteiger partial charge in [0.05, 0.1) is 0 Å². The van der Waals surface area contributed by atoms with Gasteiger partial charge in [0.1, 0.15) is 17.0 Å². The number of amides is 1. The van der Waals surface area contributed by atoms with Gasteiger partial charge in [-0.15, -0.1) is 0 Å². The van der Waals surface area contributed by atoms with E-state index in [9.17, 15) is 4.79 Å². The van der Waals surface area contributed by atoms with Crippen LogP contribution in [0.5, 0.6) is 0 Å². The molecule has 6 heteroatoms. The maximum absolute atomic E-state index is 11.8. The average molecular weight is 257 g/mol. The number of carbonyl (C=O) groups excluding carboxylic acids is 1. The maximum Gasteiger partial charge on any atom is 0.244 e. The Kier molecular flexibility index (Phi) is 4.57. The summed E-state index contributed by atoms with van der Waals surface area (Å²) in [4.78, 5) is 17.5. The van der Waals surface area contributed by atoms with Crippen molar-refractivity contribution in [1.82, 2.24) is 9.88 Å². The predicted octanol–water partition coefficient (Wildman–Crippen LogP) is 1.60. The molecule has 0 saturated carbocycles. The van der Waals surface area contributed by atoms with Crippen molar-refractivity contribution in [2.75, 3.05) is 24.6 Å². The first-order valence-corrected chi connectivity index (χ1v) is 5.76. The van der Waals surface area contributed by atoms with E-state index < -0.39 is 0 Å². The van der Waals surface area contributed by atoms with Gasteiger partial charge in [-0.25, -0.2) is 4.98 Å². The van der Waals surface area contributed by atoms with Gasteiger partial charge in [0.25, 0.3) is 0 Å². The normalized spacial score (nSPS) is 12.0. The topological polar surface area (TPSA) is 71.2 Å². The lowest BCUT2D eigenvalue weighted by atomic mass is 10.3. The lowest BCUT2D eigenvalue weighted by Crippen LogP contribution is -2.39. The van der Waals surface area contributed by atoms with Crippen molar-refractivity contribution in [3.05, 3.63) is 17.3 Å². The third-order valence-electron chi connectivity index (χ3n) is 2.40. The smallest absolute Gasteiger partial charge is 0.244 e. The molecular formula is C11H17ClN4O. The summed E-state index contributed by atoms with van der Waals surface area (Å²) in [7, 11) is 1.75. The SMILES string of the molecule is CCN(C)C(=O)C(C)Nc1cc(N)cc(Cl)n1. The van der Waals surface area contributed by atoms with Crippen LogP contribution >= 0.6 is 11.6 Å². The molecule has 1 amide bonds. The zero-order valence-electron chi connectivity index (χ0n) is 10.2. The summed E-state index contributed by atoms with van der Waals surface area (Å²) in [5.74, 6) is 0.494. The van der Waals surface area contributed by atoms with Gasteiger partial charge in [-0.2, -0.15) is 0 Å². The molecule has 0 radical (unpaired) electrons. The van der Waals surface area contributed by atoms with Crippen LogP contribution in [0.1, 0.15) is 13.8 Å². The first kappa shape index (κ1) is 13.6. The van der Waals surface area contributed by atoms with Crippen LogP contribution in [0.15, 0.2) is 12.1 Å². The molecule has 0 aliphatic rings. The second kappa shape index (κ2) is 5.72. The van der Waals surface area contributed by atoms with Crippen LogP contribution in [-0.2, 0) is 4.79 Å². The zero-order chi connectivity index (χ0) is 13.0. The summed E-state index contributed by atoms with van der Waals surface area (Å²) in [6.07, 6.45) is 0. The Morgan fingerprint density at radius 3 is 2.82 bits per heavy atom. The molecule has 0 saturated heterocycles. The largest absolute Gasteiger partial charge is 0.399 e. The van der Waals surface area contributed by atoms with E-state index in [1.807, 2.05) is 6.92 Å². The summed E-state index contributed by atoms with van der Waals surface area (Å²) in [5, 5.41) is 3.27. The Bertz CT molecular complexity index is 390. The summed E-state index contributed by atoms with van der Waals surface area (Å²) < 4.78 is 0. The molecule has 0 aromatic carbocycles. The number of pyridine rings is 1. The fraction of sp³-hybridized carbons (Fsp3) is 0.455. The average Bonchev–Trinajstić information content (AvgIpc) is 2.25. The first-order valence-electron chi connectivity index (χ1n) is 5.38. The van der Waals surface area contributed by atoms with Crippen molar-refractivity contribution < 1.29 is 4.79 Å². The fourth-order valence-electron chi connectivity index (χ4n) is 1.36. The fourth-order valence-corrected chi connectivity index (χ4v) is 1.58. The molecule has 1 atom stereocenters. The Balaban J connectivity index is 2.74. The number of nitrogens with one attached hydrogen (secondary N) is 1. The molecule has 1 heterocycles. The number of aromatic nitrogens is 1. The highest BCUT2D eigenvalue weighted by Gasteiger charge is 2.16. The standard InChI is InChI=1S/C11H17ClN4O/c1-4-16(3)11(17)7(2)14-10-6-8(13)5-9(12)15-10/h5-7H,4H2,1-3H3,(H3,13,14,15). The third kappa shape index (κ3) is 3.78. The van der Waals surface area contributed by atoms with Crippen molar-refractivity contribution in [3.8, 4) is 0 Å². The number of anilines is 2. The summed E-state index contributed by atoms with van der Waals surface area (Å²) in [6.45, 7) is 4.35. The van der Waals surface area contributed by atoms with E-state index in [1.54, 1.807) is 31.0 Å². The minimum absolute atomic E-state index is 0.00662. The number of halogens is 1. The van der Waals surface area contributed by atoms with Gasteiger partial charge >= 0.3 is 0 Å². The van der Waals surface area contributed by atoms with Crippen LogP contribution in [0, 0.1) is 0 Å². The molecule has 0 fully saturated rings. The van der Waals surface area contributed by atoms with Crippen molar-refractivity contribution >= 4 is 29.0 Å². The van der Waals surface area contributed by atoms with Crippen LogP contribution < -0.4 is 11.1 Å². The highest BCUT2D eigenvalue weighted by Crippen LogP contribution is 2.16. The van der Waals surface area contributed by atoms with Gasteiger partial charge in [0, 0.05) is 25.3 Å². The molecule has 0 bridgehead atoms. The van der Waals surface area contributed by atoms with Gasteiger partial charge in [0.15, 0.2) is 0 Å². The minimum atomic E-state index is -0.370. The molecule has 0 aliphatic carbocycles. The molecule has 1 rings (SSSR count). The molecular weight excluding hydrogens is 240 g/mol. The van der Waals surface area contributed by atoms with Crippen molar-refractivity contribution in [2.24, 2.45) is 0 Å². The Morgan fingerprint density at radius 1 is 1.65 bits per heavy atom. The third-order valence-corrected chi connectivity index (χ3v) is 2.60. The number of nitrogen functional groups attached to an aromatic ring is 1. The zero-order valence-corrected chi connectivity index (χ0v) is 11.0. The number of rotatable bonds is 4. The van der Waals surface area contributed by atoms with E-state index in [0.29, 0.717) is 23.2 Å². The molecule has 1 unspecified atom stereocenters. The summed E-state index contributed by atoms with van der Waals surface area (Å²) in [5.41, 5.74) is 6.15. The molecule has 5 nitrogen and oxygen atoms in total. The number of carbonyl (C=O) groups is 1. The highest BCUT2D eigenvalue weighted by atomic mass is 35.5. The van der Waals surface area contributed by atoms with Crippen molar-refractivity contribution in [3.63, 3.8) is 0 Å². The Hall–Kier alpha value is -1.49. The Labute approximate surface area is 106 Å². The van der Waals surface area contributed by atoms with Gasteiger partial charge in [-0.3, -0.25) is 4.79 Å². The van der Waals surface area contributed by atoms with Gasteiger partial charge in [-0.05, 0) is 19.9 Å². The van der Waals surface area contributed by atoms with Gasteiger partial charge < -0.3 is 16.0 Å². The van der Waals surface area contributed by atoms with E-state index in [4.69, 9.17) is 17.3 Å². The van der Waals surface area contributed by atoms with Crippen LogP contribution in [-0.4, -0.2) is 35.4 Å². The minimum Gasteiger partial charge on any atom is -0.399 e. The molecule has 1 aromatic rings. The van der Waals surface area contributed by atoms with E-state index in [-0.39, 0.29) is 11.9 Å². The summed E-state index contributed by atoms with van der Waals surface area (Å²) >= 11 is 5.78. The molecule has 0 aliphatic heterocycles. The number of nitrogens with two attached hydrogens (primary N) is 1. The van der Waals surface area contributed by atoms with E-state index in [2.05, 4.69) is 10.3 Å². The predicted molar refractivity (Wildman–Crippen MR) is 70.1 cm³/mol. The van der Waals surface area contributed by atoms with Gasteiger partial charge in [-0.1, -0.05) is 11.6 Å². The molecule has 3 N–H and O–H groups in total. The molecule has 0 spiro atoms. The van der Waals surface area contributed by atoms with Crippen LogP contribution in [0.3, 0.4) is 0 Å². The Morgan fingerprint density at radius 2 is 2.29 bits per heavy atom. The second-order valence-corrected chi connectivity index (χ2v) is 4.21. The first-order chi connectivity index (χ1) is 7.93. The molecule has 1 aromatic heterocycles. The lowest BCUT2D eigenvalue weighted by molar-refractivity contribution is -0.130. The summed E-state index contributed by atoms with van der Waals surface area (Å²) in [6, 6.07) is 2.82. The van der Waals surface area contributed by atoms with Crippen molar-refractivity contribution in [1.29, 1.82) is 0 Å². The van der Waals surface area contributed by atoms with E-state index in [0.717, 1.165) is 0 Å². The number of nitrogens with zero attached hydrogens (tertiary/aromatic N) is 2. The van der Waals surface area contributed by atoms with E-state index in [1.165, 1.54) is 0 Å². The van der Waals surface area contributed by atoms with Crippen molar-refractivity contribution in [2.45, 2.75) is 19.9 Å². The lowest BCUT2D eigenvalue weighted by Gasteiger charge is -2.21. The molecule has 94 valence electrons. The van der Waals surface area contributed by atoms with E-state index >= 15 is 0 Å². The van der Waals surface area contributed by atoms with Gasteiger partial charge in [0.2, 0.25) is 5.91 Å². The highest BCUT2D eigenvalue weighted by molar-refractivity contribution is 6.29. The monoisotopic (exact) mass is 256 g/mol. The second-order valence-electron chi connectivity index (χ2n) is 3.83. The number of likely N-dealkylation sites (N-methyl/N-ethyl adjacent to an activating group) is 1. The number of hydrogen-bond donors (Lipinski definition) is 2. The van der Waals surface area contributed by atoms with Crippen LogP contribution in [0.25, 0.3) is 0 Å². The number of hydrogen-bond acceptors (Lipinski definition) is 4. The van der Waals surface area contributed by atoms with Crippen LogP contribution in [0.2, 0.25) is 5.15 Å². The maximum atomic E-state index is 11.8.